The molecule has 0 aliphatic carbocycles. The van der Waals surface area contributed by atoms with Crippen LogP contribution in [0, 0.1) is 6.92 Å². The summed E-state index contributed by atoms with van der Waals surface area (Å²) in [5.41, 5.74) is 6.96. The van der Waals surface area contributed by atoms with Crippen molar-refractivity contribution in [1.82, 2.24) is 0 Å². The Labute approximate surface area is 126 Å². The quantitative estimate of drug-likeness (QED) is 0.837. The van der Waals surface area contributed by atoms with E-state index < -0.39 is 33.2 Å². The Balaban J connectivity index is 2.70. The number of sulfone groups is 1. The van der Waals surface area contributed by atoms with E-state index in [0.717, 1.165) is 11.1 Å². The van der Waals surface area contributed by atoms with Crippen LogP contribution in [-0.4, -0.2) is 31.5 Å². The fourth-order valence-electron chi connectivity index (χ4n) is 1.88. The number of benzene rings is 1. The zero-order valence-electron chi connectivity index (χ0n) is 12.9. The van der Waals surface area contributed by atoms with Gasteiger partial charge in [0.1, 0.15) is 11.4 Å². The van der Waals surface area contributed by atoms with Crippen LogP contribution >= 0.6 is 0 Å². The van der Waals surface area contributed by atoms with Crippen LogP contribution in [0.5, 0.6) is 0 Å². The second kappa shape index (κ2) is 6.58. The summed E-state index contributed by atoms with van der Waals surface area (Å²) in [6, 6.07) is 6.70. The molecule has 0 aliphatic heterocycles. The largest absolute Gasteiger partial charge is 0.459 e. The summed E-state index contributed by atoms with van der Waals surface area (Å²) >= 11 is 0. The number of rotatable bonds is 5. The first-order valence-corrected chi connectivity index (χ1v) is 8.55. The van der Waals surface area contributed by atoms with E-state index in [9.17, 15) is 13.2 Å². The number of nitrogens with two attached hydrogens (primary N) is 1. The highest BCUT2D eigenvalue weighted by Crippen LogP contribution is 2.15. The second-order valence-electron chi connectivity index (χ2n) is 6.16. The van der Waals surface area contributed by atoms with Crippen LogP contribution in [0.15, 0.2) is 24.3 Å². The molecular formula is C15H23NO4S. The van der Waals surface area contributed by atoms with Gasteiger partial charge in [-0.25, -0.2) is 8.42 Å². The number of hydrogen-bond acceptors (Lipinski definition) is 5. The molecule has 21 heavy (non-hydrogen) atoms. The fraction of sp³-hybridized carbons (Fsp3) is 0.533. The van der Waals surface area contributed by atoms with Crippen molar-refractivity contribution in [3.63, 3.8) is 0 Å². The molecule has 0 aromatic heterocycles. The number of carbonyl (C=O) groups excluding carboxylic acids is 1. The minimum atomic E-state index is -3.61. The molecule has 0 bridgehead atoms. The molecule has 0 aliphatic rings. The van der Waals surface area contributed by atoms with Crippen molar-refractivity contribution in [2.45, 2.75) is 39.3 Å². The molecule has 0 heterocycles. The smallest absolute Gasteiger partial charge is 0.321 e. The summed E-state index contributed by atoms with van der Waals surface area (Å²) < 4.78 is 29.1. The molecule has 2 N–H and O–H groups in total. The van der Waals surface area contributed by atoms with Crippen molar-refractivity contribution in [2.24, 2.45) is 5.73 Å². The standard InChI is InChI=1S/C15H23NO4S/c1-11-6-5-7-12(8-11)13(16)9-21(18,19)10-14(17)20-15(2,3)4/h5-8,13H,9-10,16H2,1-4H3. The lowest BCUT2D eigenvalue weighted by Crippen LogP contribution is -2.31. The fourth-order valence-corrected chi connectivity index (χ4v) is 3.16. The summed E-state index contributed by atoms with van der Waals surface area (Å²) in [7, 11) is -3.61. The Morgan fingerprint density at radius 3 is 2.48 bits per heavy atom. The van der Waals surface area contributed by atoms with Gasteiger partial charge in [-0.05, 0) is 33.3 Å². The Morgan fingerprint density at radius 1 is 1.33 bits per heavy atom. The van der Waals surface area contributed by atoms with Crippen LogP contribution in [-0.2, 0) is 19.4 Å². The highest BCUT2D eigenvalue weighted by atomic mass is 32.2. The van der Waals surface area contributed by atoms with E-state index >= 15 is 0 Å². The van der Waals surface area contributed by atoms with Gasteiger partial charge in [0, 0.05) is 6.04 Å². The van der Waals surface area contributed by atoms with E-state index in [0.29, 0.717) is 0 Å². The minimum Gasteiger partial charge on any atom is -0.459 e. The first-order chi connectivity index (χ1) is 9.48. The molecule has 6 heteroatoms. The SMILES string of the molecule is Cc1cccc(C(N)CS(=O)(=O)CC(=O)OC(C)(C)C)c1. The summed E-state index contributed by atoms with van der Waals surface area (Å²) in [6.45, 7) is 6.98. The third-order valence-corrected chi connectivity index (χ3v) is 4.20. The molecular weight excluding hydrogens is 290 g/mol. The van der Waals surface area contributed by atoms with Crippen molar-refractivity contribution in [3.05, 3.63) is 35.4 Å². The van der Waals surface area contributed by atoms with Gasteiger partial charge in [0.2, 0.25) is 0 Å². The van der Waals surface area contributed by atoms with Gasteiger partial charge in [0.15, 0.2) is 9.84 Å². The number of carbonyl (C=O) groups is 1. The van der Waals surface area contributed by atoms with E-state index in [1.54, 1.807) is 26.8 Å². The number of aryl methyl sites for hydroxylation is 1. The Bertz CT molecular complexity index is 602. The van der Waals surface area contributed by atoms with Crippen LogP contribution in [0.3, 0.4) is 0 Å². The summed E-state index contributed by atoms with van der Waals surface area (Å²) in [5, 5.41) is 0. The summed E-state index contributed by atoms with van der Waals surface area (Å²) in [6.07, 6.45) is 0. The van der Waals surface area contributed by atoms with Gasteiger partial charge < -0.3 is 10.5 Å². The van der Waals surface area contributed by atoms with E-state index in [-0.39, 0.29) is 5.75 Å². The van der Waals surface area contributed by atoms with Gasteiger partial charge in [-0.3, -0.25) is 4.79 Å². The van der Waals surface area contributed by atoms with Gasteiger partial charge in [-0.1, -0.05) is 29.8 Å². The highest BCUT2D eigenvalue weighted by Gasteiger charge is 2.25. The average Bonchev–Trinajstić information content (AvgIpc) is 2.24. The number of esters is 1. The van der Waals surface area contributed by atoms with Gasteiger partial charge in [-0.2, -0.15) is 0 Å². The third kappa shape index (κ3) is 6.73. The van der Waals surface area contributed by atoms with Gasteiger partial charge in [0.05, 0.1) is 5.75 Å². The molecule has 0 spiro atoms. The topological polar surface area (TPSA) is 86.5 Å². The molecule has 1 aromatic rings. The molecule has 5 nitrogen and oxygen atoms in total. The predicted octanol–water partition coefficient (Wildman–Crippen LogP) is 1.75. The van der Waals surface area contributed by atoms with Crippen molar-refractivity contribution in [1.29, 1.82) is 0 Å². The first-order valence-electron chi connectivity index (χ1n) is 6.73. The van der Waals surface area contributed by atoms with Crippen LogP contribution in [0.4, 0.5) is 0 Å². The zero-order chi connectivity index (χ0) is 16.3. The molecule has 1 atom stereocenters. The molecule has 1 aromatic carbocycles. The monoisotopic (exact) mass is 313 g/mol. The maximum atomic E-state index is 12.0. The highest BCUT2D eigenvalue weighted by molar-refractivity contribution is 7.92. The lowest BCUT2D eigenvalue weighted by Gasteiger charge is -2.20. The van der Waals surface area contributed by atoms with Crippen LogP contribution in [0.1, 0.15) is 37.9 Å². The maximum Gasteiger partial charge on any atom is 0.321 e. The van der Waals surface area contributed by atoms with E-state index in [1.807, 2.05) is 25.1 Å². The Morgan fingerprint density at radius 2 is 1.95 bits per heavy atom. The zero-order valence-corrected chi connectivity index (χ0v) is 13.7. The molecule has 0 radical (unpaired) electrons. The number of hydrogen-bond donors (Lipinski definition) is 1. The molecule has 1 unspecified atom stereocenters. The number of ether oxygens (including phenoxy) is 1. The first kappa shape index (κ1) is 17.7. The molecule has 1 rings (SSSR count). The van der Waals surface area contributed by atoms with Gasteiger partial charge >= 0.3 is 5.97 Å². The maximum absolute atomic E-state index is 12.0. The van der Waals surface area contributed by atoms with Crippen molar-refractivity contribution in [2.75, 3.05) is 11.5 Å². The van der Waals surface area contributed by atoms with Crippen LogP contribution < -0.4 is 5.73 Å². The average molecular weight is 313 g/mol. The van der Waals surface area contributed by atoms with E-state index in [4.69, 9.17) is 10.5 Å². The lowest BCUT2D eigenvalue weighted by molar-refractivity contribution is -0.151. The Kier molecular flexibility index (Phi) is 5.53. The molecule has 0 saturated heterocycles. The van der Waals surface area contributed by atoms with Crippen molar-refractivity contribution >= 4 is 15.8 Å². The lowest BCUT2D eigenvalue weighted by atomic mass is 10.1. The van der Waals surface area contributed by atoms with E-state index in [1.165, 1.54) is 0 Å². The third-order valence-electron chi connectivity index (χ3n) is 2.66. The van der Waals surface area contributed by atoms with Crippen LogP contribution in [0.25, 0.3) is 0 Å². The second-order valence-corrected chi connectivity index (χ2v) is 8.27. The van der Waals surface area contributed by atoms with E-state index in [2.05, 4.69) is 0 Å². The minimum absolute atomic E-state index is 0.282. The van der Waals surface area contributed by atoms with Gasteiger partial charge in [0.25, 0.3) is 0 Å². The molecule has 118 valence electrons. The molecule has 0 saturated carbocycles. The molecule has 0 amide bonds. The molecule has 0 fully saturated rings. The van der Waals surface area contributed by atoms with Crippen LogP contribution in [0.2, 0.25) is 0 Å². The van der Waals surface area contributed by atoms with Gasteiger partial charge in [-0.15, -0.1) is 0 Å². The van der Waals surface area contributed by atoms with Crippen molar-refractivity contribution in [3.8, 4) is 0 Å². The Hall–Kier alpha value is -1.40. The summed E-state index contributed by atoms with van der Waals surface area (Å²) in [4.78, 5) is 11.6. The normalized spacial score (nSPS) is 13.8. The predicted molar refractivity (Wildman–Crippen MR) is 82.6 cm³/mol. The van der Waals surface area contributed by atoms with Crippen molar-refractivity contribution < 1.29 is 17.9 Å². The summed E-state index contributed by atoms with van der Waals surface area (Å²) in [5.74, 6) is -1.68.